The first-order valence-corrected chi connectivity index (χ1v) is 8.27. The van der Waals surface area contributed by atoms with Crippen LogP contribution in [-0.2, 0) is 6.42 Å². The van der Waals surface area contributed by atoms with E-state index < -0.39 is 0 Å². The predicted molar refractivity (Wildman–Crippen MR) is 84.3 cm³/mol. The van der Waals surface area contributed by atoms with E-state index in [0.717, 1.165) is 17.4 Å². The van der Waals surface area contributed by atoms with Gasteiger partial charge >= 0.3 is 0 Å². The van der Waals surface area contributed by atoms with E-state index in [9.17, 15) is 0 Å². The summed E-state index contributed by atoms with van der Waals surface area (Å²) >= 11 is 3.45. The van der Waals surface area contributed by atoms with Gasteiger partial charge in [-0.1, -0.05) is 33.1 Å². The first-order valence-electron chi connectivity index (χ1n) is 7.48. The monoisotopic (exact) mass is 324 g/mol. The van der Waals surface area contributed by atoms with E-state index in [2.05, 4.69) is 52.2 Å². The summed E-state index contributed by atoms with van der Waals surface area (Å²) in [6, 6.07) is 4.78. The zero-order valence-electron chi connectivity index (χ0n) is 12.1. The fourth-order valence-electron chi connectivity index (χ4n) is 3.26. The third kappa shape index (κ3) is 4.03. The number of aromatic nitrogens is 1. The Labute approximate surface area is 125 Å². The van der Waals surface area contributed by atoms with Crippen LogP contribution in [0.5, 0.6) is 0 Å². The maximum absolute atomic E-state index is 4.54. The van der Waals surface area contributed by atoms with E-state index in [0.29, 0.717) is 11.5 Å². The second kappa shape index (κ2) is 6.85. The minimum Gasteiger partial charge on any atom is -0.313 e. The first-order chi connectivity index (χ1) is 9.14. The molecule has 1 aliphatic carbocycles. The predicted octanol–water partition coefficient (Wildman–Crippen LogP) is 4.34. The molecule has 0 saturated heterocycles. The summed E-state index contributed by atoms with van der Waals surface area (Å²) < 4.78 is 1.06. The van der Waals surface area contributed by atoms with Gasteiger partial charge in [0.1, 0.15) is 0 Å². The number of rotatable bonds is 5. The molecule has 3 heteroatoms. The van der Waals surface area contributed by atoms with E-state index in [-0.39, 0.29) is 0 Å². The zero-order valence-corrected chi connectivity index (χ0v) is 13.7. The van der Waals surface area contributed by atoms with Crippen molar-refractivity contribution in [3.05, 3.63) is 28.5 Å². The van der Waals surface area contributed by atoms with Crippen molar-refractivity contribution in [1.82, 2.24) is 10.3 Å². The molecule has 0 amide bonds. The number of hydrogen-bond acceptors (Lipinski definition) is 2. The Hall–Kier alpha value is -0.410. The number of hydrogen-bond donors (Lipinski definition) is 1. The molecule has 0 spiro atoms. The molecule has 1 unspecified atom stereocenters. The molecule has 1 fully saturated rings. The quantitative estimate of drug-likeness (QED) is 0.871. The Morgan fingerprint density at radius 1 is 1.32 bits per heavy atom. The summed E-state index contributed by atoms with van der Waals surface area (Å²) in [5.41, 5.74) is 1.63. The molecule has 106 valence electrons. The standard InChI is InChI=1S/C16H25BrN2/c1-3-18-15(16(2)9-5-4-6-10-16)11-14-8-7-13(17)12-19-14/h7-8,12,15,18H,3-6,9-11H2,1-2H3. The smallest absolute Gasteiger partial charge is 0.0420 e. The number of halogens is 1. The van der Waals surface area contributed by atoms with Crippen LogP contribution in [0.2, 0.25) is 0 Å². The highest BCUT2D eigenvalue weighted by atomic mass is 79.9. The molecule has 1 N–H and O–H groups in total. The van der Waals surface area contributed by atoms with Crippen LogP contribution in [0.4, 0.5) is 0 Å². The summed E-state index contributed by atoms with van der Waals surface area (Å²) in [4.78, 5) is 4.54. The van der Waals surface area contributed by atoms with Crippen molar-refractivity contribution in [1.29, 1.82) is 0 Å². The van der Waals surface area contributed by atoms with Gasteiger partial charge in [-0.25, -0.2) is 0 Å². The minimum absolute atomic E-state index is 0.434. The van der Waals surface area contributed by atoms with E-state index in [1.54, 1.807) is 0 Å². The van der Waals surface area contributed by atoms with Crippen molar-refractivity contribution < 1.29 is 0 Å². The fourth-order valence-corrected chi connectivity index (χ4v) is 3.49. The van der Waals surface area contributed by atoms with Gasteiger partial charge in [-0.15, -0.1) is 0 Å². The van der Waals surface area contributed by atoms with E-state index >= 15 is 0 Å². The SMILES string of the molecule is CCNC(Cc1ccc(Br)cn1)C1(C)CCCCC1. The Bertz CT molecular complexity index is 382. The van der Waals surface area contributed by atoms with Gasteiger partial charge in [0.2, 0.25) is 0 Å². The van der Waals surface area contributed by atoms with Gasteiger partial charge in [0.05, 0.1) is 0 Å². The second-order valence-electron chi connectivity index (χ2n) is 6.00. The molecule has 1 saturated carbocycles. The molecule has 1 heterocycles. The molecule has 0 bridgehead atoms. The molecular weight excluding hydrogens is 300 g/mol. The van der Waals surface area contributed by atoms with Gasteiger partial charge in [-0.05, 0) is 52.9 Å². The molecule has 0 aliphatic heterocycles. The summed E-state index contributed by atoms with van der Waals surface area (Å²) in [5.74, 6) is 0. The van der Waals surface area contributed by atoms with Crippen LogP contribution in [0.3, 0.4) is 0 Å². The van der Waals surface area contributed by atoms with Crippen LogP contribution in [0, 0.1) is 5.41 Å². The number of nitrogens with one attached hydrogen (secondary N) is 1. The Balaban J connectivity index is 2.08. The van der Waals surface area contributed by atoms with Crippen LogP contribution in [0.1, 0.15) is 51.6 Å². The van der Waals surface area contributed by atoms with Gasteiger partial charge in [0.15, 0.2) is 0 Å². The van der Waals surface area contributed by atoms with Crippen LogP contribution < -0.4 is 5.32 Å². The summed E-state index contributed by atoms with van der Waals surface area (Å²) in [7, 11) is 0. The average molecular weight is 325 g/mol. The second-order valence-corrected chi connectivity index (χ2v) is 6.91. The lowest BCUT2D eigenvalue weighted by atomic mass is 9.69. The lowest BCUT2D eigenvalue weighted by Gasteiger charge is -2.41. The Morgan fingerprint density at radius 3 is 2.63 bits per heavy atom. The van der Waals surface area contributed by atoms with E-state index in [1.165, 1.54) is 37.8 Å². The zero-order chi connectivity index (χ0) is 13.7. The maximum atomic E-state index is 4.54. The largest absolute Gasteiger partial charge is 0.313 e. The molecule has 1 aliphatic rings. The van der Waals surface area contributed by atoms with Crippen LogP contribution in [0.15, 0.2) is 22.8 Å². The molecule has 1 aromatic heterocycles. The van der Waals surface area contributed by atoms with Crippen LogP contribution in [-0.4, -0.2) is 17.6 Å². The summed E-state index contributed by atoms with van der Waals surface area (Å²) in [5, 5.41) is 3.70. The summed E-state index contributed by atoms with van der Waals surface area (Å²) in [6.45, 7) is 5.70. The molecule has 19 heavy (non-hydrogen) atoms. The van der Waals surface area contributed by atoms with Gasteiger partial charge in [-0.2, -0.15) is 0 Å². The third-order valence-corrected chi connectivity index (χ3v) is 4.96. The molecule has 2 rings (SSSR count). The van der Waals surface area contributed by atoms with Gasteiger partial charge in [0.25, 0.3) is 0 Å². The highest BCUT2D eigenvalue weighted by molar-refractivity contribution is 9.10. The number of likely N-dealkylation sites (N-methyl/N-ethyl adjacent to an activating group) is 1. The van der Waals surface area contributed by atoms with Crippen LogP contribution >= 0.6 is 15.9 Å². The topological polar surface area (TPSA) is 24.9 Å². The summed E-state index contributed by atoms with van der Waals surface area (Å²) in [6.07, 6.45) is 9.81. The lowest BCUT2D eigenvalue weighted by Crippen LogP contribution is -2.46. The maximum Gasteiger partial charge on any atom is 0.0420 e. The number of pyridine rings is 1. The fraction of sp³-hybridized carbons (Fsp3) is 0.688. The first kappa shape index (κ1) is 15.0. The Kier molecular flexibility index (Phi) is 5.40. The van der Waals surface area contributed by atoms with Crippen molar-refractivity contribution in [2.24, 2.45) is 5.41 Å². The number of nitrogens with zero attached hydrogens (tertiary/aromatic N) is 1. The third-order valence-electron chi connectivity index (χ3n) is 4.49. The minimum atomic E-state index is 0.434. The normalized spacial score (nSPS) is 20.2. The van der Waals surface area contributed by atoms with E-state index in [4.69, 9.17) is 0 Å². The molecule has 0 aromatic carbocycles. The molecular formula is C16H25BrN2. The van der Waals surface area contributed by atoms with Crippen molar-refractivity contribution in [3.63, 3.8) is 0 Å². The van der Waals surface area contributed by atoms with Gasteiger partial charge < -0.3 is 5.32 Å². The van der Waals surface area contributed by atoms with Crippen LogP contribution in [0.25, 0.3) is 0 Å². The van der Waals surface area contributed by atoms with Crippen molar-refractivity contribution in [2.75, 3.05) is 6.54 Å². The van der Waals surface area contributed by atoms with Gasteiger partial charge in [-0.3, -0.25) is 4.98 Å². The lowest BCUT2D eigenvalue weighted by molar-refractivity contribution is 0.144. The Morgan fingerprint density at radius 2 is 2.05 bits per heavy atom. The van der Waals surface area contributed by atoms with Crippen molar-refractivity contribution in [3.8, 4) is 0 Å². The van der Waals surface area contributed by atoms with E-state index in [1.807, 2.05) is 6.20 Å². The van der Waals surface area contributed by atoms with Crippen molar-refractivity contribution >= 4 is 15.9 Å². The van der Waals surface area contributed by atoms with Gasteiger partial charge in [0, 0.05) is 28.8 Å². The van der Waals surface area contributed by atoms with Crippen molar-refractivity contribution in [2.45, 2.75) is 58.4 Å². The highest BCUT2D eigenvalue weighted by Crippen LogP contribution is 2.39. The molecule has 1 aromatic rings. The highest BCUT2D eigenvalue weighted by Gasteiger charge is 2.35. The average Bonchev–Trinajstić information content (AvgIpc) is 2.41. The molecule has 2 nitrogen and oxygen atoms in total. The molecule has 1 atom stereocenters. The molecule has 0 radical (unpaired) electrons.